The molecule has 5 heterocycles. The Balaban J connectivity index is 1.30. The van der Waals surface area contributed by atoms with Crippen LogP contribution >= 0.6 is 0 Å². The van der Waals surface area contributed by atoms with Gasteiger partial charge in [0.1, 0.15) is 52.4 Å². The summed E-state index contributed by atoms with van der Waals surface area (Å²) in [6.45, 7) is 3.70. The highest BCUT2D eigenvalue weighted by Crippen LogP contribution is 2.60. The number of aromatic nitrogens is 3. The van der Waals surface area contributed by atoms with Crippen LogP contribution in [0.3, 0.4) is 0 Å². The smallest absolute Gasteiger partial charge is 0.319 e. The van der Waals surface area contributed by atoms with Crippen LogP contribution in [0.4, 0.5) is 19.0 Å². The van der Waals surface area contributed by atoms with E-state index in [0.717, 1.165) is 25.8 Å². The van der Waals surface area contributed by atoms with Gasteiger partial charge in [-0.2, -0.15) is 9.97 Å². The molecule has 4 fully saturated rings. The van der Waals surface area contributed by atoms with Gasteiger partial charge in [0, 0.05) is 37.0 Å². The van der Waals surface area contributed by atoms with Crippen molar-refractivity contribution in [3.63, 3.8) is 0 Å². The van der Waals surface area contributed by atoms with Gasteiger partial charge in [-0.1, -0.05) is 12.1 Å². The standard InChI is InChI=1S/C34H36F3N5O5/c1-32(44)15-41(8-9-46-17-32)29-25-28(39-31(40-29)47-18-34-12-20(35)13-42(34)16-33(14-34)6-7-33)26(37)27(38-30(25)45-2)22-11-21(43)10-19-4-3-5-23(36)24(19)22/h3-5,10-11,20,43-44H,6-9,12-18H2,1-2H3. The maximum atomic E-state index is 16.9. The third-order valence-corrected chi connectivity index (χ3v) is 10.2. The summed E-state index contributed by atoms with van der Waals surface area (Å²) in [4.78, 5) is 17.7. The molecule has 1 saturated carbocycles. The number of phenols is 1. The lowest BCUT2D eigenvalue weighted by Crippen LogP contribution is -2.44. The highest BCUT2D eigenvalue weighted by molar-refractivity contribution is 6.02. The number of aromatic hydroxyl groups is 1. The molecule has 3 aliphatic heterocycles. The first kappa shape index (κ1) is 30.4. The molecule has 0 amide bonds. The van der Waals surface area contributed by atoms with Crippen molar-refractivity contribution in [1.29, 1.82) is 0 Å². The average Bonchev–Trinajstić information content (AvgIpc) is 3.67. The number of pyridine rings is 1. The minimum Gasteiger partial charge on any atom is -0.508 e. The Morgan fingerprint density at radius 1 is 1.11 bits per heavy atom. The third-order valence-electron chi connectivity index (χ3n) is 10.2. The minimum absolute atomic E-state index is 0.0136. The second-order valence-corrected chi connectivity index (χ2v) is 14.0. The first-order valence-corrected chi connectivity index (χ1v) is 15.9. The van der Waals surface area contributed by atoms with Gasteiger partial charge in [-0.3, -0.25) is 4.90 Å². The van der Waals surface area contributed by atoms with Gasteiger partial charge in [0.05, 0.1) is 32.4 Å². The minimum atomic E-state index is -1.26. The fourth-order valence-electron chi connectivity index (χ4n) is 7.98. The monoisotopic (exact) mass is 651 g/mol. The van der Waals surface area contributed by atoms with E-state index in [1.807, 2.05) is 0 Å². The van der Waals surface area contributed by atoms with Crippen LogP contribution in [0.15, 0.2) is 30.3 Å². The van der Waals surface area contributed by atoms with Gasteiger partial charge < -0.3 is 29.3 Å². The SMILES string of the molecule is COc1nc(-c2cc(O)cc3cccc(F)c23)c(F)c2nc(OCC34CC(F)CN3CC3(CC3)C4)nc(N3CCOCC(C)(O)C3)c12. The Kier molecular flexibility index (Phi) is 6.98. The van der Waals surface area contributed by atoms with Crippen LogP contribution in [-0.2, 0) is 4.74 Å². The first-order chi connectivity index (χ1) is 22.5. The zero-order valence-corrected chi connectivity index (χ0v) is 26.2. The van der Waals surface area contributed by atoms with Crippen LogP contribution in [0.2, 0.25) is 0 Å². The van der Waals surface area contributed by atoms with Gasteiger partial charge in [0.25, 0.3) is 0 Å². The second-order valence-electron chi connectivity index (χ2n) is 14.0. The molecule has 1 spiro atoms. The average molecular weight is 652 g/mol. The number of hydrogen-bond donors (Lipinski definition) is 2. The van der Waals surface area contributed by atoms with Crippen molar-refractivity contribution < 1.29 is 37.6 Å². The summed E-state index contributed by atoms with van der Waals surface area (Å²) in [7, 11) is 1.37. The van der Waals surface area contributed by atoms with Crippen LogP contribution in [0.25, 0.3) is 32.9 Å². The van der Waals surface area contributed by atoms with Crippen molar-refractivity contribution in [3.05, 3.63) is 42.0 Å². The Hall–Kier alpha value is -3.94. The number of benzene rings is 2. The number of ether oxygens (including phenoxy) is 3. The molecule has 13 heteroatoms. The molecule has 2 aromatic carbocycles. The van der Waals surface area contributed by atoms with E-state index in [2.05, 4.69) is 14.9 Å². The predicted molar refractivity (Wildman–Crippen MR) is 168 cm³/mol. The van der Waals surface area contributed by atoms with E-state index in [0.29, 0.717) is 24.9 Å². The van der Waals surface area contributed by atoms with Crippen LogP contribution in [-0.4, -0.2) is 100 Å². The normalized spacial score (nSPS) is 27.0. The molecule has 3 unspecified atom stereocenters. The molecule has 4 aromatic rings. The van der Waals surface area contributed by atoms with Crippen molar-refractivity contribution in [1.82, 2.24) is 19.9 Å². The predicted octanol–water partition coefficient (Wildman–Crippen LogP) is 4.77. The number of hydrogen-bond acceptors (Lipinski definition) is 10. The molecule has 4 aliphatic rings. The van der Waals surface area contributed by atoms with Crippen LogP contribution < -0.4 is 14.4 Å². The molecular weight excluding hydrogens is 615 g/mol. The van der Waals surface area contributed by atoms with Crippen molar-refractivity contribution in [3.8, 4) is 28.9 Å². The largest absolute Gasteiger partial charge is 0.508 e. The topological polar surface area (TPSA) is 113 Å². The highest BCUT2D eigenvalue weighted by Gasteiger charge is 2.62. The van der Waals surface area contributed by atoms with E-state index in [-0.39, 0.29) is 82.8 Å². The molecule has 0 bridgehead atoms. The molecule has 10 nitrogen and oxygen atoms in total. The molecule has 248 valence electrons. The summed E-state index contributed by atoms with van der Waals surface area (Å²) < 4.78 is 64.5. The lowest BCUT2D eigenvalue weighted by molar-refractivity contribution is -0.0123. The van der Waals surface area contributed by atoms with Gasteiger partial charge in [0.15, 0.2) is 5.82 Å². The third kappa shape index (κ3) is 5.19. The molecule has 2 aromatic heterocycles. The Bertz CT molecular complexity index is 1910. The van der Waals surface area contributed by atoms with E-state index in [4.69, 9.17) is 19.2 Å². The number of nitrogens with zero attached hydrogens (tertiary/aromatic N) is 5. The zero-order chi connectivity index (χ0) is 32.7. The maximum Gasteiger partial charge on any atom is 0.319 e. The lowest BCUT2D eigenvalue weighted by atomic mass is 9.89. The van der Waals surface area contributed by atoms with Crippen LogP contribution in [0.5, 0.6) is 17.6 Å². The van der Waals surface area contributed by atoms with E-state index >= 15 is 8.78 Å². The van der Waals surface area contributed by atoms with Crippen LogP contribution in [0, 0.1) is 17.0 Å². The quantitative estimate of drug-likeness (QED) is 0.302. The number of phenolic OH excluding ortho intramolecular Hbond substituents is 1. The summed E-state index contributed by atoms with van der Waals surface area (Å²) in [6, 6.07) is 6.87. The number of fused-ring (bicyclic) bond motifs is 3. The van der Waals surface area contributed by atoms with Gasteiger partial charge >= 0.3 is 6.01 Å². The summed E-state index contributed by atoms with van der Waals surface area (Å²) in [5.41, 5.74) is -2.02. The summed E-state index contributed by atoms with van der Waals surface area (Å²) in [5, 5.41) is 22.1. The number of methoxy groups -OCH3 is 1. The molecule has 2 N–H and O–H groups in total. The molecule has 47 heavy (non-hydrogen) atoms. The van der Waals surface area contributed by atoms with E-state index in [1.54, 1.807) is 17.9 Å². The summed E-state index contributed by atoms with van der Waals surface area (Å²) in [6.07, 6.45) is 2.42. The summed E-state index contributed by atoms with van der Waals surface area (Å²) >= 11 is 0. The van der Waals surface area contributed by atoms with E-state index < -0.39 is 28.9 Å². The Morgan fingerprint density at radius 3 is 2.72 bits per heavy atom. The van der Waals surface area contributed by atoms with Crippen molar-refractivity contribution in [2.75, 3.05) is 58.0 Å². The van der Waals surface area contributed by atoms with Gasteiger partial charge in [-0.05, 0) is 55.2 Å². The number of aliphatic hydroxyl groups is 1. The molecule has 8 rings (SSSR count). The molecule has 3 atom stereocenters. The van der Waals surface area contributed by atoms with Gasteiger partial charge in [-0.15, -0.1) is 0 Å². The van der Waals surface area contributed by atoms with Gasteiger partial charge in [-0.25, -0.2) is 18.2 Å². The lowest BCUT2D eigenvalue weighted by Gasteiger charge is -2.31. The molecule has 1 aliphatic carbocycles. The second kappa shape index (κ2) is 10.8. The Labute approximate surface area is 269 Å². The number of anilines is 1. The number of alkyl halides is 1. The van der Waals surface area contributed by atoms with Crippen molar-refractivity contribution >= 4 is 27.5 Å². The fraction of sp³-hybridized carbons (Fsp3) is 0.500. The van der Waals surface area contributed by atoms with Crippen LogP contribution in [0.1, 0.15) is 32.6 Å². The van der Waals surface area contributed by atoms with E-state index in [9.17, 15) is 14.6 Å². The van der Waals surface area contributed by atoms with Crippen molar-refractivity contribution in [2.24, 2.45) is 5.41 Å². The molecule has 0 radical (unpaired) electrons. The summed E-state index contributed by atoms with van der Waals surface area (Å²) in [5.74, 6) is -1.54. The number of halogens is 3. The fourth-order valence-corrected chi connectivity index (χ4v) is 7.98. The first-order valence-electron chi connectivity index (χ1n) is 15.9. The molecular formula is C34H36F3N5O5. The number of rotatable bonds is 6. The highest BCUT2D eigenvalue weighted by atomic mass is 19.1. The van der Waals surface area contributed by atoms with Crippen molar-refractivity contribution in [2.45, 2.75) is 49.9 Å². The Morgan fingerprint density at radius 2 is 1.94 bits per heavy atom. The molecule has 3 saturated heterocycles. The maximum absolute atomic E-state index is 16.9. The van der Waals surface area contributed by atoms with Gasteiger partial charge in [0.2, 0.25) is 5.88 Å². The zero-order valence-electron chi connectivity index (χ0n) is 26.2. The number of β-amino-alcohol motifs (C(OH)–C–C–N with tert-alkyl or cyclic N) is 1. The van der Waals surface area contributed by atoms with E-state index in [1.165, 1.54) is 31.4 Å².